The fourth-order valence-corrected chi connectivity index (χ4v) is 3.76. The third-order valence-electron chi connectivity index (χ3n) is 5.38. The average Bonchev–Trinajstić information content (AvgIpc) is 3.39. The highest BCUT2D eigenvalue weighted by Gasteiger charge is 2.38. The summed E-state index contributed by atoms with van der Waals surface area (Å²) in [6, 6.07) is 10.8. The molecule has 0 aromatic heterocycles. The van der Waals surface area contributed by atoms with E-state index in [0.717, 1.165) is 32.2 Å². The van der Waals surface area contributed by atoms with E-state index < -0.39 is 0 Å². The summed E-state index contributed by atoms with van der Waals surface area (Å²) in [5.74, 6) is 0.318. The number of benzene rings is 1. The van der Waals surface area contributed by atoms with E-state index in [4.69, 9.17) is 5.73 Å². The third-order valence-corrected chi connectivity index (χ3v) is 5.38. The maximum Gasteiger partial charge on any atom is 0.223 e. The molecule has 2 fully saturated rings. The second kappa shape index (κ2) is 8.16. The molecule has 2 aliphatic rings. The number of nitrogens with zero attached hydrogens (tertiary/aromatic N) is 1. The molecule has 2 saturated carbocycles. The molecule has 0 bridgehead atoms. The summed E-state index contributed by atoms with van der Waals surface area (Å²) >= 11 is 0. The topological polar surface area (TPSA) is 46.3 Å². The van der Waals surface area contributed by atoms with Gasteiger partial charge in [-0.05, 0) is 43.2 Å². The van der Waals surface area contributed by atoms with E-state index in [1.165, 1.54) is 24.8 Å². The predicted octanol–water partition coefficient (Wildman–Crippen LogP) is 3.90. The summed E-state index contributed by atoms with van der Waals surface area (Å²) in [7, 11) is 0. The fourth-order valence-electron chi connectivity index (χ4n) is 3.76. The highest BCUT2D eigenvalue weighted by Crippen LogP contribution is 2.40. The van der Waals surface area contributed by atoms with Crippen LogP contribution in [0.4, 0.5) is 0 Å². The van der Waals surface area contributed by atoms with Gasteiger partial charge in [-0.1, -0.05) is 49.6 Å². The first-order chi connectivity index (χ1) is 10.7. The summed E-state index contributed by atoms with van der Waals surface area (Å²) in [4.78, 5) is 15.0. The number of carbonyl (C=O) groups excluding carboxylic acids is 1. The first-order valence-corrected chi connectivity index (χ1v) is 8.76. The Kier molecular flexibility index (Phi) is 6.49. The van der Waals surface area contributed by atoms with Crippen LogP contribution >= 0.6 is 12.4 Å². The van der Waals surface area contributed by atoms with Gasteiger partial charge in [-0.15, -0.1) is 12.4 Å². The molecule has 0 aliphatic heterocycles. The van der Waals surface area contributed by atoms with Crippen molar-refractivity contribution < 1.29 is 4.79 Å². The van der Waals surface area contributed by atoms with Crippen LogP contribution in [-0.4, -0.2) is 23.4 Å². The lowest BCUT2D eigenvalue weighted by molar-refractivity contribution is -0.135. The van der Waals surface area contributed by atoms with Crippen molar-refractivity contribution >= 4 is 18.3 Å². The minimum Gasteiger partial charge on any atom is -0.335 e. The molecule has 3 nitrogen and oxygen atoms in total. The summed E-state index contributed by atoms with van der Waals surface area (Å²) in [6.45, 7) is 1.41. The number of amides is 1. The molecular formula is C19H29ClN2O. The van der Waals surface area contributed by atoms with Crippen LogP contribution in [0.25, 0.3) is 0 Å². The van der Waals surface area contributed by atoms with Crippen molar-refractivity contribution in [3.05, 3.63) is 35.9 Å². The Balaban J connectivity index is 0.00000192. The minimum atomic E-state index is 0. The van der Waals surface area contributed by atoms with Crippen LogP contribution in [0.3, 0.4) is 0 Å². The van der Waals surface area contributed by atoms with Crippen LogP contribution in [0.1, 0.15) is 56.9 Å². The molecule has 4 heteroatoms. The molecule has 0 heterocycles. The minimum absolute atomic E-state index is 0. The van der Waals surface area contributed by atoms with E-state index >= 15 is 0 Å². The van der Waals surface area contributed by atoms with Crippen LogP contribution in [0.2, 0.25) is 0 Å². The normalized spacial score (nSPS) is 19.7. The molecule has 0 saturated heterocycles. The average molecular weight is 337 g/mol. The zero-order valence-corrected chi connectivity index (χ0v) is 14.7. The molecule has 0 unspecified atom stereocenters. The maximum absolute atomic E-state index is 12.9. The Bertz CT molecular complexity index is 495. The highest BCUT2D eigenvalue weighted by molar-refractivity contribution is 5.85. The van der Waals surface area contributed by atoms with Gasteiger partial charge in [0.1, 0.15) is 0 Å². The van der Waals surface area contributed by atoms with E-state index in [1.807, 2.05) is 18.2 Å². The summed E-state index contributed by atoms with van der Waals surface area (Å²) in [5.41, 5.74) is 7.36. The van der Waals surface area contributed by atoms with E-state index in [2.05, 4.69) is 17.0 Å². The molecule has 0 radical (unpaired) electrons. The van der Waals surface area contributed by atoms with Crippen molar-refractivity contribution in [3.8, 4) is 0 Å². The van der Waals surface area contributed by atoms with Crippen molar-refractivity contribution in [1.82, 2.24) is 4.90 Å². The monoisotopic (exact) mass is 336 g/mol. The Labute approximate surface area is 146 Å². The summed E-state index contributed by atoms with van der Waals surface area (Å²) in [6.07, 6.45) is 8.97. The Morgan fingerprint density at radius 1 is 1.13 bits per heavy atom. The van der Waals surface area contributed by atoms with E-state index in [0.29, 0.717) is 24.9 Å². The van der Waals surface area contributed by atoms with Gasteiger partial charge >= 0.3 is 0 Å². The predicted molar refractivity (Wildman–Crippen MR) is 96.5 cm³/mol. The van der Waals surface area contributed by atoms with Crippen molar-refractivity contribution in [1.29, 1.82) is 0 Å². The summed E-state index contributed by atoms with van der Waals surface area (Å²) in [5, 5.41) is 0. The number of nitrogens with two attached hydrogens (primary N) is 1. The smallest absolute Gasteiger partial charge is 0.223 e. The molecule has 128 valence electrons. The molecule has 23 heavy (non-hydrogen) atoms. The van der Waals surface area contributed by atoms with Gasteiger partial charge in [0.15, 0.2) is 0 Å². The standard InChI is InChI=1S/C19H28N2O.ClH/c20-15-19(11-5-2-6-12-19)13-18(22)21(17-9-10-17)14-16-7-3-1-4-8-16;/h1,3-4,7-8,17H,2,5-6,9-15,20H2;1H. The molecule has 3 rings (SSSR count). The van der Waals surface area contributed by atoms with E-state index in [1.54, 1.807) is 0 Å². The van der Waals surface area contributed by atoms with Gasteiger partial charge in [0.2, 0.25) is 5.91 Å². The number of hydrogen-bond acceptors (Lipinski definition) is 2. The molecule has 1 aromatic carbocycles. The van der Waals surface area contributed by atoms with Crippen LogP contribution in [-0.2, 0) is 11.3 Å². The van der Waals surface area contributed by atoms with Gasteiger partial charge in [0.05, 0.1) is 0 Å². The number of hydrogen-bond donors (Lipinski definition) is 1. The molecule has 2 N–H and O–H groups in total. The van der Waals surface area contributed by atoms with E-state index in [-0.39, 0.29) is 17.8 Å². The lowest BCUT2D eigenvalue weighted by atomic mass is 9.71. The Morgan fingerprint density at radius 2 is 1.78 bits per heavy atom. The quantitative estimate of drug-likeness (QED) is 0.856. The van der Waals surface area contributed by atoms with Crippen molar-refractivity contribution in [2.24, 2.45) is 11.1 Å². The molecule has 2 aliphatic carbocycles. The van der Waals surface area contributed by atoms with Crippen LogP contribution in [0.5, 0.6) is 0 Å². The fraction of sp³-hybridized carbons (Fsp3) is 0.632. The first kappa shape index (κ1) is 18.3. The molecule has 1 amide bonds. The second-order valence-corrected chi connectivity index (χ2v) is 7.18. The first-order valence-electron chi connectivity index (χ1n) is 8.76. The van der Waals surface area contributed by atoms with Gasteiger partial charge in [-0.2, -0.15) is 0 Å². The Hall–Kier alpha value is -1.06. The third kappa shape index (κ3) is 4.71. The zero-order chi connectivity index (χ0) is 15.4. The van der Waals surface area contributed by atoms with Gasteiger partial charge in [-0.3, -0.25) is 4.79 Å². The highest BCUT2D eigenvalue weighted by atomic mass is 35.5. The van der Waals surface area contributed by atoms with E-state index in [9.17, 15) is 4.79 Å². The molecule has 0 atom stereocenters. The second-order valence-electron chi connectivity index (χ2n) is 7.18. The van der Waals surface area contributed by atoms with Crippen LogP contribution in [0.15, 0.2) is 30.3 Å². The largest absolute Gasteiger partial charge is 0.335 e. The van der Waals surface area contributed by atoms with Crippen molar-refractivity contribution in [2.45, 2.75) is 64.0 Å². The zero-order valence-electron chi connectivity index (χ0n) is 13.9. The van der Waals surface area contributed by atoms with Gasteiger partial charge in [0, 0.05) is 19.0 Å². The van der Waals surface area contributed by atoms with Gasteiger partial charge in [-0.25, -0.2) is 0 Å². The van der Waals surface area contributed by atoms with Gasteiger partial charge < -0.3 is 10.6 Å². The maximum atomic E-state index is 12.9. The van der Waals surface area contributed by atoms with Crippen LogP contribution in [0, 0.1) is 5.41 Å². The van der Waals surface area contributed by atoms with Crippen LogP contribution < -0.4 is 5.73 Å². The number of halogens is 1. The number of carbonyl (C=O) groups is 1. The summed E-state index contributed by atoms with van der Waals surface area (Å²) < 4.78 is 0. The van der Waals surface area contributed by atoms with Crippen molar-refractivity contribution in [3.63, 3.8) is 0 Å². The Morgan fingerprint density at radius 3 is 2.35 bits per heavy atom. The lowest BCUT2D eigenvalue weighted by Gasteiger charge is -2.37. The molecular weight excluding hydrogens is 308 g/mol. The molecule has 1 aromatic rings. The SMILES string of the molecule is Cl.NCC1(CC(=O)N(Cc2ccccc2)C2CC2)CCCCC1. The van der Waals surface area contributed by atoms with Crippen molar-refractivity contribution in [2.75, 3.05) is 6.54 Å². The molecule has 0 spiro atoms. The lowest BCUT2D eigenvalue weighted by Crippen LogP contribution is -2.41. The number of rotatable bonds is 6. The van der Waals surface area contributed by atoms with Gasteiger partial charge in [0.25, 0.3) is 0 Å².